The summed E-state index contributed by atoms with van der Waals surface area (Å²) in [6, 6.07) is 0. The van der Waals surface area contributed by atoms with Gasteiger partial charge in [-0.2, -0.15) is 0 Å². The average Bonchev–Trinajstić information content (AvgIpc) is 1.30. The molecule has 0 aliphatic rings. The Morgan fingerprint density at radius 1 is 1.57 bits per heavy atom. The van der Waals surface area contributed by atoms with Crippen molar-refractivity contribution < 1.29 is 0 Å². The minimum Gasteiger partial charge on any atom is -0.0860 e. The van der Waals surface area contributed by atoms with E-state index in [9.17, 15) is 0 Å². The van der Waals surface area contributed by atoms with Crippen LogP contribution in [-0.4, -0.2) is 3.23 Å². The summed E-state index contributed by atoms with van der Waals surface area (Å²) >= 11 is 6.66. The third-order valence-corrected chi connectivity index (χ3v) is 0.939. The van der Waals surface area contributed by atoms with Crippen LogP contribution >= 0.6 is 31.9 Å². The lowest BCUT2D eigenvalue weighted by molar-refractivity contribution is 1.21. The Morgan fingerprint density at radius 3 is 2.00 bits per heavy atom. The first-order valence-electron chi connectivity index (χ1n) is 1.91. The fourth-order valence-corrected chi connectivity index (χ4v) is 0.581. The molecule has 0 aromatic heterocycles. The minimum absolute atomic E-state index is 0.0677. The van der Waals surface area contributed by atoms with Crippen molar-refractivity contribution in [2.75, 3.05) is 0 Å². The van der Waals surface area contributed by atoms with Gasteiger partial charge in [0.25, 0.3) is 0 Å². The summed E-state index contributed by atoms with van der Waals surface area (Å²) in [7, 11) is 0. The maximum absolute atomic E-state index is 3.53. The fraction of sp³-hybridized carbons (Fsp3) is 0.400. The van der Waals surface area contributed by atoms with E-state index in [2.05, 4.69) is 38.8 Å². The lowest BCUT2D eigenvalue weighted by Crippen LogP contribution is -1.95. The van der Waals surface area contributed by atoms with Crippen LogP contribution in [-0.2, 0) is 0 Å². The number of alkyl halides is 2. The maximum Gasteiger partial charge on any atom is 0.0956 e. The second-order valence-corrected chi connectivity index (χ2v) is 5.72. The van der Waals surface area contributed by atoms with Gasteiger partial charge in [0.15, 0.2) is 0 Å². The molecule has 0 bridgehead atoms. The Morgan fingerprint density at radius 2 is 2.00 bits per heavy atom. The summed E-state index contributed by atoms with van der Waals surface area (Å²) in [6.07, 6.45) is 3.65. The van der Waals surface area contributed by atoms with Gasteiger partial charge >= 0.3 is 0 Å². The molecule has 7 heavy (non-hydrogen) atoms. The standard InChI is InChI=1S/C5H7Br2/c1-3-4-5(2,6)7/h3-4H,1H2,2H3. The van der Waals surface area contributed by atoms with Crippen molar-refractivity contribution in [2.24, 2.45) is 0 Å². The zero-order valence-corrected chi connectivity index (χ0v) is 7.29. The van der Waals surface area contributed by atoms with Crippen LogP contribution in [0.25, 0.3) is 0 Å². The van der Waals surface area contributed by atoms with Crippen LogP contribution in [0.1, 0.15) is 6.92 Å². The molecule has 0 nitrogen and oxygen atoms in total. The van der Waals surface area contributed by atoms with Crippen molar-refractivity contribution in [2.45, 2.75) is 10.2 Å². The van der Waals surface area contributed by atoms with Gasteiger partial charge in [-0.3, -0.25) is 0 Å². The Hall–Kier alpha value is 0.700. The normalized spacial score (nSPS) is 13.1. The van der Waals surface area contributed by atoms with Gasteiger partial charge in [-0.25, -0.2) is 0 Å². The van der Waals surface area contributed by atoms with Crippen LogP contribution in [0.2, 0.25) is 0 Å². The molecule has 2 heteroatoms. The van der Waals surface area contributed by atoms with Gasteiger partial charge < -0.3 is 0 Å². The highest BCUT2D eigenvalue weighted by molar-refractivity contribution is 9.25. The predicted octanol–water partition coefficient (Wildman–Crippen LogP) is 2.88. The largest absolute Gasteiger partial charge is 0.0956 e. The molecule has 0 saturated heterocycles. The van der Waals surface area contributed by atoms with Gasteiger partial charge in [0.2, 0.25) is 0 Å². The van der Waals surface area contributed by atoms with Crippen LogP contribution < -0.4 is 0 Å². The maximum atomic E-state index is 3.53. The average molecular weight is 227 g/mol. The zero-order valence-electron chi connectivity index (χ0n) is 4.12. The lowest BCUT2D eigenvalue weighted by atomic mass is 10.4. The van der Waals surface area contributed by atoms with Crippen molar-refractivity contribution in [3.05, 3.63) is 19.1 Å². The molecule has 1 radical (unpaired) electrons. The third kappa shape index (κ3) is 6.70. The molecule has 0 aliphatic heterocycles. The van der Waals surface area contributed by atoms with Crippen LogP contribution in [0.4, 0.5) is 0 Å². The number of hydrogen-bond acceptors (Lipinski definition) is 0. The van der Waals surface area contributed by atoms with Crippen molar-refractivity contribution in [1.82, 2.24) is 0 Å². The molecular formula is C5H7Br2. The molecular weight excluding hydrogens is 220 g/mol. The van der Waals surface area contributed by atoms with Crippen LogP contribution in [0, 0.1) is 6.92 Å². The molecule has 41 valence electrons. The van der Waals surface area contributed by atoms with Crippen molar-refractivity contribution in [3.8, 4) is 0 Å². The Bertz CT molecular complexity index is 68.6. The van der Waals surface area contributed by atoms with Gasteiger partial charge in [-0.05, 0) is 13.8 Å². The van der Waals surface area contributed by atoms with E-state index in [4.69, 9.17) is 0 Å². The van der Waals surface area contributed by atoms with E-state index in [1.165, 1.54) is 0 Å². The van der Waals surface area contributed by atoms with E-state index in [-0.39, 0.29) is 3.23 Å². The van der Waals surface area contributed by atoms with Crippen molar-refractivity contribution in [3.63, 3.8) is 0 Å². The quantitative estimate of drug-likeness (QED) is 0.604. The van der Waals surface area contributed by atoms with Crippen LogP contribution in [0.15, 0.2) is 12.2 Å². The minimum atomic E-state index is -0.0677. The van der Waals surface area contributed by atoms with Gasteiger partial charge in [0.1, 0.15) is 0 Å². The molecule has 0 heterocycles. The Labute approximate surface area is 61.2 Å². The SMILES string of the molecule is [CH2]C=CC(C)(Br)Br. The van der Waals surface area contributed by atoms with E-state index < -0.39 is 0 Å². The molecule has 0 unspecified atom stereocenters. The first kappa shape index (κ1) is 7.70. The first-order chi connectivity index (χ1) is 3.06. The molecule has 0 aromatic rings. The highest BCUT2D eigenvalue weighted by atomic mass is 79.9. The third-order valence-electron chi connectivity index (χ3n) is 0.411. The van der Waals surface area contributed by atoms with E-state index in [1.54, 1.807) is 6.08 Å². The van der Waals surface area contributed by atoms with Gasteiger partial charge in [0.05, 0.1) is 3.23 Å². The molecule has 0 fully saturated rings. The molecule has 0 spiro atoms. The number of allylic oxidation sites excluding steroid dienone is 2. The molecule has 0 atom stereocenters. The predicted molar refractivity (Wildman–Crippen MR) is 40.8 cm³/mol. The zero-order chi connectivity index (χ0) is 5.91. The molecule has 0 saturated carbocycles. The molecule has 0 aromatic carbocycles. The summed E-state index contributed by atoms with van der Waals surface area (Å²) in [5.41, 5.74) is 0. The van der Waals surface area contributed by atoms with E-state index in [0.717, 1.165) is 0 Å². The highest BCUT2D eigenvalue weighted by Gasteiger charge is 2.06. The lowest BCUT2D eigenvalue weighted by Gasteiger charge is -2.03. The van der Waals surface area contributed by atoms with Gasteiger partial charge in [0, 0.05) is 0 Å². The Kier molecular flexibility index (Phi) is 3.16. The molecule has 0 amide bonds. The summed E-state index contributed by atoms with van der Waals surface area (Å²) in [5, 5.41) is 0. The Balaban J connectivity index is 3.56. The molecule has 0 rings (SSSR count). The van der Waals surface area contributed by atoms with Crippen LogP contribution in [0.3, 0.4) is 0 Å². The topological polar surface area (TPSA) is 0 Å². The molecule has 0 N–H and O–H groups in total. The summed E-state index contributed by atoms with van der Waals surface area (Å²) in [5.74, 6) is 0. The smallest absolute Gasteiger partial charge is 0.0860 e. The second-order valence-electron chi connectivity index (χ2n) is 1.36. The summed E-state index contributed by atoms with van der Waals surface area (Å²) in [6.45, 7) is 5.51. The van der Waals surface area contributed by atoms with Gasteiger partial charge in [-0.1, -0.05) is 44.0 Å². The van der Waals surface area contributed by atoms with E-state index in [0.29, 0.717) is 0 Å². The fourth-order valence-electron chi connectivity index (χ4n) is 0.207. The van der Waals surface area contributed by atoms with Crippen molar-refractivity contribution in [1.29, 1.82) is 0 Å². The molecule has 0 aliphatic carbocycles. The number of rotatable bonds is 1. The van der Waals surface area contributed by atoms with E-state index >= 15 is 0 Å². The summed E-state index contributed by atoms with van der Waals surface area (Å²) in [4.78, 5) is 0. The second kappa shape index (κ2) is 2.88. The van der Waals surface area contributed by atoms with E-state index in [1.807, 2.05) is 13.0 Å². The van der Waals surface area contributed by atoms with Crippen molar-refractivity contribution >= 4 is 31.9 Å². The van der Waals surface area contributed by atoms with Gasteiger partial charge in [-0.15, -0.1) is 0 Å². The number of hydrogen-bond donors (Lipinski definition) is 0. The summed E-state index contributed by atoms with van der Waals surface area (Å²) < 4.78 is -0.0677. The monoisotopic (exact) mass is 225 g/mol. The first-order valence-corrected chi connectivity index (χ1v) is 3.49. The number of halogens is 2. The van der Waals surface area contributed by atoms with Crippen LogP contribution in [0.5, 0.6) is 0 Å². The highest BCUT2D eigenvalue weighted by Crippen LogP contribution is 2.25.